The highest BCUT2D eigenvalue weighted by Crippen LogP contribution is 2.20. The Morgan fingerprint density at radius 3 is 2.63 bits per heavy atom. The normalized spacial score (nSPS) is 13.7. The minimum absolute atomic E-state index is 0.103. The lowest BCUT2D eigenvalue weighted by Gasteiger charge is -2.25. The van der Waals surface area contributed by atoms with Crippen molar-refractivity contribution in [2.45, 2.75) is 12.5 Å². The van der Waals surface area contributed by atoms with Gasteiger partial charge in [-0.1, -0.05) is 0 Å². The van der Waals surface area contributed by atoms with Gasteiger partial charge in [0.05, 0.1) is 11.1 Å². The standard InChI is InChI=1S/C11H12Br2N2O4/c1-11(5-19-2,10(17)18)15-9(16)8-7(13)3-6(12)4-14-8/h3-4H,5H2,1-2H3,(H,15,16)(H,17,18). The molecular formula is C11H12Br2N2O4. The number of methoxy groups -OCH3 is 1. The Labute approximate surface area is 126 Å². The van der Waals surface area contributed by atoms with Crippen LogP contribution in [-0.2, 0) is 9.53 Å². The lowest BCUT2D eigenvalue weighted by atomic mass is 10.0. The lowest BCUT2D eigenvalue weighted by Crippen LogP contribution is -2.55. The van der Waals surface area contributed by atoms with Gasteiger partial charge in [-0.3, -0.25) is 4.79 Å². The number of halogens is 2. The van der Waals surface area contributed by atoms with Crippen molar-refractivity contribution in [2.24, 2.45) is 0 Å². The van der Waals surface area contributed by atoms with E-state index in [-0.39, 0.29) is 12.3 Å². The van der Waals surface area contributed by atoms with Gasteiger partial charge in [-0.25, -0.2) is 9.78 Å². The van der Waals surface area contributed by atoms with E-state index in [1.165, 1.54) is 20.2 Å². The summed E-state index contributed by atoms with van der Waals surface area (Å²) in [5.41, 5.74) is -1.41. The van der Waals surface area contributed by atoms with Gasteiger partial charge in [0.1, 0.15) is 5.69 Å². The van der Waals surface area contributed by atoms with Gasteiger partial charge >= 0.3 is 5.97 Å². The summed E-state index contributed by atoms with van der Waals surface area (Å²) in [6, 6.07) is 1.65. The molecule has 0 aliphatic carbocycles. The molecule has 0 aromatic carbocycles. The number of ether oxygens (including phenoxy) is 1. The van der Waals surface area contributed by atoms with Crippen LogP contribution in [0, 0.1) is 0 Å². The minimum atomic E-state index is -1.51. The van der Waals surface area contributed by atoms with Crippen LogP contribution in [0.4, 0.5) is 0 Å². The van der Waals surface area contributed by atoms with E-state index in [4.69, 9.17) is 9.84 Å². The molecule has 0 bridgehead atoms. The molecule has 0 fully saturated rings. The third-order valence-electron chi connectivity index (χ3n) is 2.32. The van der Waals surface area contributed by atoms with Gasteiger partial charge in [-0.05, 0) is 44.8 Å². The zero-order valence-electron chi connectivity index (χ0n) is 10.2. The second-order valence-electron chi connectivity index (χ2n) is 4.01. The molecule has 0 saturated carbocycles. The van der Waals surface area contributed by atoms with Gasteiger partial charge in [0.2, 0.25) is 0 Å². The minimum Gasteiger partial charge on any atom is -0.479 e. The summed E-state index contributed by atoms with van der Waals surface area (Å²) in [6.07, 6.45) is 1.45. The molecule has 2 N–H and O–H groups in total. The summed E-state index contributed by atoms with van der Waals surface area (Å²) >= 11 is 6.42. The summed E-state index contributed by atoms with van der Waals surface area (Å²) in [6.45, 7) is 1.21. The van der Waals surface area contributed by atoms with Crippen molar-refractivity contribution in [1.29, 1.82) is 0 Å². The largest absolute Gasteiger partial charge is 0.479 e. The molecule has 1 aromatic heterocycles. The molecule has 1 unspecified atom stereocenters. The first-order chi connectivity index (χ1) is 8.80. The van der Waals surface area contributed by atoms with Crippen molar-refractivity contribution >= 4 is 43.7 Å². The maximum absolute atomic E-state index is 12.0. The zero-order chi connectivity index (χ0) is 14.6. The summed E-state index contributed by atoms with van der Waals surface area (Å²) in [4.78, 5) is 27.2. The SMILES string of the molecule is COCC(C)(NC(=O)c1ncc(Br)cc1Br)C(=O)O. The Kier molecular flexibility index (Phi) is 5.45. The molecule has 0 aliphatic heterocycles. The number of amides is 1. The number of carboxylic acid groups (broad SMARTS) is 1. The molecular weight excluding hydrogens is 384 g/mol. The van der Waals surface area contributed by atoms with Crippen LogP contribution in [0.1, 0.15) is 17.4 Å². The van der Waals surface area contributed by atoms with Crippen LogP contribution < -0.4 is 5.32 Å². The lowest BCUT2D eigenvalue weighted by molar-refractivity contribution is -0.145. The highest BCUT2D eigenvalue weighted by Gasteiger charge is 2.36. The molecule has 0 spiro atoms. The maximum Gasteiger partial charge on any atom is 0.331 e. The smallest absolute Gasteiger partial charge is 0.331 e. The summed E-state index contributed by atoms with van der Waals surface area (Å²) in [5, 5.41) is 11.5. The first kappa shape index (κ1) is 16.1. The van der Waals surface area contributed by atoms with Gasteiger partial charge in [-0.15, -0.1) is 0 Å². The van der Waals surface area contributed by atoms with Crippen LogP contribution in [0.2, 0.25) is 0 Å². The van der Waals surface area contributed by atoms with E-state index in [1.807, 2.05) is 0 Å². The van der Waals surface area contributed by atoms with E-state index in [1.54, 1.807) is 6.07 Å². The van der Waals surface area contributed by atoms with Gasteiger partial charge in [-0.2, -0.15) is 0 Å². The fourth-order valence-electron chi connectivity index (χ4n) is 1.33. The Morgan fingerprint density at radius 1 is 1.53 bits per heavy atom. The molecule has 0 saturated heterocycles. The molecule has 8 heteroatoms. The van der Waals surface area contributed by atoms with Crippen LogP contribution in [0.5, 0.6) is 0 Å². The monoisotopic (exact) mass is 394 g/mol. The number of hydrogen-bond donors (Lipinski definition) is 2. The number of carboxylic acids is 1. The number of pyridine rings is 1. The Balaban J connectivity index is 2.97. The van der Waals surface area contributed by atoms with Crippen molar-refractivity contribution in [3.05, 3.63) is 26.9 Å². The van der Waals surface area contributed by atoms with Crippen LogP contribution in [-0.4, -0.2) is 41.2 Å². The fraction of sp³-hybridized carbons (Fsp3) is 0.364. The average molecular weight is 396 g/mol. The Bertz CT molecular complexity index is 509. The summed E-state index contributed by atoms with van der Waals surface area (Å²) < 4.78 is 5.98. The maximum atomic E-state index is 12.0. The van der Waals surface area contributed by atoms with Crippen molar-refractivity contribution < 1.29 is 19.4 Å². The number of hydrogen-bond acceptors (Lipinski definition) is 4. The van der Waals surface area contributed by atoms with E-state index >= 15 is 0 Å². The zero-order valence-corrected chi connectivity index (χ0v) is 13.4. The Hall–Kier alpha value is -0.990. The van der Waals surface area contributed by atoms with Crippen molar-refractivity contribution in [3.8, 4) is 0 Å². The van der Waals surface area contributed by atoms with Crippen molar-refractivity contribution in [3.63, 3.8) is 0 Å². The van der Waals surface area contributed by atoms with E-state index < -0.39 is 17.4 Å². The molecule has 0 radical (unpaired) electrons. The molecule has 1 aromatic rings. The van der Waals surface area contributed by atoms with E-state index in [0.717, 1.165) is 0 Å². The summed E-state index contributed by atoms with van der Waals surface area (Å²) in [7, 11) is 1.36. The van der Waals surface area contributed by atoms with E-state index in [9.17, 15) is 9.59 Å². The first-order valence-electron chi connectivity index (χ1n) is 5.16. The van der Waals surface area contributed by atoms with Crippen LogP contribution in [0.15, 0.2) is 21.2 Å². The number of nitrogens with one attached hydrogen (secondary N) is 1. The molecule has 1 amide bonds. The molecule has 1 atom stereocenters. The number of aromatic nitrogens is 1. The average Bonchev–Trinajstić information content (AvgIpc) is 2.28. The van der Waals surface area contributed by atoms with Gasteiger partial charge < -0.3 is 15.2 Å². The van der Waals surface area contributed by atoms with E-state index in [0.29, 0.717) is 8.95 Å². The van der Waals surface area contributed by atoms with E-state index in [2.05, 4.69) is 42.2 Å². The number of rotatable bonds is 5. The van der Waals surface area contributed by atoms with Gasteiger partial charge in [0.15, 0.2) is 5.54 Å². The van der Waals surface area contributed by atoms with Crippen LogP contribution in [0.3, 0.4) is 0 Å². The first-order valence-corrected chi connectivity index (χ1v) is 6.74. The fourth-order valence-corrected chi connectivity index (χ4v) is 2.50. The van der Waals surface area contributed by atoms with Gasteiger partial charge in [0.25, 0.3) is 5.91 Å². The second-order valence-corrected chi connectivity index (χ2v) is 5.78. The Morgan fingerprint density at radius 2 is 2.16 bits per heavy atom. The number of carbonyl (C=O) groups is 2. The van der Waals surface area contributed by atoms with Crippen molar-refractivity contribution in [2.75, 3.05) is 13.7 Å². The van der Waals surface area contributed by atoms with Crippen LogP contribution >= 0.6 is 31.9 Å². The predicted molar refractivity (Wildman–Crippen MR) is 75.0 cm³/mol. The molecule has 1 rings (SSSR count). The third-order valence-corrected chi connectivity index (χ3v) is 3.36. The van der Waals surface area contributed by atoms with Crippen LogP contribution in [0.25, 0.3) is 0 Å². The quantitative estimate of drug-likeness (QED) is 0.793. The molecule has 104 valence electrons. The second kappa shape index (κ2) is 6.44. The highest BCUT2D eigenvalue weighted by atomic mass is 79.9. The number of aliphatic carboxylic acids is 1. The molecule has 1 heterocycles. The van der Waals surface area contributed by atoms with Gasteiger partial charge in [0, 0.05) is 17.8 Å². The summed E-state index contributed by atoms with van der Waals surface area (Å²) in [5.74, 6) is -1.78. The number of carbonyl (C=O) groups excluding carboxylic acids is 1. The van der Waals surface area contributed by atoms with Crippen molar-refractivity contribution in [1.82, 2.24) is 10.3 Å². The third kappa shape index (κ3) is 3.99. The number of nitrogens with zero attached hydrogens (tertiary/aromatic N) is 1. The highest BCUT2D eigenvalue weighted by molar-refractivity contribution is 9.11. The topological polar surface area (TPSA) is 88.5 Å². The molecule has 6 nitrogen and oxygen atoms in total. The predicted octanol–water partition coefficient (Wildman–Crippen LogP) is 1.83. The molecule has 0 aliphatic rings. The molecule has 19 heavy (non-hydrogen) atoms.